The van der Waals surface area contributed by atoms with Gasteiger partial charge < -0.3 is 9.88 Å². The Hall–Kier alpha value is -2.47. The van der Waals surface area contributed by atoms with Crippen molar-refractivity contribution in [1.29, 1.82) is 0 Å². The van der Waals surface area contributed by atoms with Crippen molar-refractivity contribution in [2.45, 2.75) is 53.6 Å². The number of fused-ring (bicyclic) bond motifs is 1. The molecule has 1 amide bonds. The summed E-state index contributed by atoms with van der Waals surface area (Å²) in [6.45, 7) is 8.39. The van der Waals surface area contributed by atoms with Gasteiger partial charge in [-0.3, -0.25) is 9.59 Å². The minimum absolute atomic E-state index is 0.0140. The number of nitrogens with zero attached hydrogens (tertiary/aromatic N) is 2. The predicted molar refractivity (Wildman–Crippen MR) is 109 cm³/mol. The van der Waals surface area contributed by atoms with Crippen molar-refractivity contribution in [2.24, 2.45) is 0 Å². The number of benzene rings is 1. The summed E-state index contributed by atoms with van der Waals surface area (Å²) in [5, 5.41) is 4.94. The Balaban J connectivity index is 1.83. The smallest absolute Gasteiger partial charge is 0.240 e. The normalized spacial score (nSPS) is 11.1. The second-order valence-electron chi connectivity index (χ2n) is 6.63. The highest BCUT2D eigenvalue weighted by Gasteiger charge is 2.16. The van der Waals surface area contributed by atoms with Gasteiger partial charge in [-0.2, -0.15) is 0 Å². The number of rotatable bonds is 7. The number of hydrogen-bond acceptors (Lipinski definition) is 4. The maximum absolute atomic E-state index is 12.6. The molecule has 0 unspecified atom stereocenters. The zero-order valence-electron chi connectivity index (χ0n) is 16.3. The Morgan fingerprint density at radius 3 is 2.67 bits per heavy atom. The monoisotopic (exact) mass is 383 g/mol. The number of hydrogen-bond donors (Lipinski definition) is 1. The van der Waals surface area contributed by atoms with Crippen LogP contribution in [0.15, 0.2) is 24.4 Å². The van der Waals surface area contributed by atoms with Crippen molar-refractivity contribution in [3.63, 3.8) is 0 Å². The van der Waals surface area contributed by atoms with E-state index in [0.29, 0.717) is 12.1 Å². The lowest BCUT2D eigenvalue weighted by Gasteiger charge is -2.09. The predicted octanol–water partition coefficient (Wildman–Crippen LogP) is 4.05. The van der Waals surface area contributed by atoms with Crippen molar-refractivity contribution in [3.8, 4) is 0 Å². The van der Waals surface area contributed by atoms with Gasteiger partial charge in [-0.05, 0) is 32.3 Å². The summed E-state index contributed by atoms with van der Waals surface area (Å²) >= 11 is 1.63. The number of para-hydroxylation sites is 1. The van der Waals surface area contributed by atoms with Crippen molar-refractivity contribution < 1.29 is 9.59 Å². The number of nitrogens with one attached hydrogen (secondary N) is 1. The van der Waals surface area contributed by atoms with Crippen molar-refractivity contribution in [1.82, 2.24) is 14.9 Å². The molecule has 0 radical (unpaired) electrons. The van der Waals surface area contributed by atoms with E-state index < -0.39 is 0 Å². The SMILES string of the molecule is CCc1nc(C)sc1CNC(=O)Cn1cc(C(C)=O)c2cccc(CC)c21. The van der Waals surface area contributed by atoms with Crippen molar-refractivity contribution in [3.05, 3.63) is 51.1 Å². The zero-order chi connectivity index (χ0) is 19.6. The Bertz CT molecular complexity index is 1000. The quantitative estimate of drug-likeness (QED) is 0.626. The van der Waals surface area contributed by atoms with Crippen LogP contribution in [0.3, 0.4) is 0 Å². The molecule has 0 atom stereocenters. The summed E-state index contributed by atoms with van der Waals surface area (Å²) in [7, 11) is 0. The highest BCUT2D eigenvalue weighted by molar-refractivity contribution is 7.11. The van der Waals surface area contributed by atoms with E-state index in [-0.39, 0.29) is 18.2 Å². The van der Waals surface area contributed by atoms with Crippen LogP contribution in [-0.4, -0.2) is 21.2 Å². The Morgan fingerprint density at radius 1 is 1.22 bits per heavy atom. The number of Topliss-reactive ketones (excluding diaryl/α,β-unsaturated/α-hetero) is 1. The summed E-state index contributed by atoms with van der Waals surface area (Å²) in [5.41, 5.74) is 3.83. The third-order valence-corrected chi connectivity index (χ3v) is 5.74. The second-order valence-corrected chi connectivity index (χ2v) is 7.91. The van der Waals surface area contributed by atoms with E-state index in [4.69, 9.17) is 0 Å². The second kappa shape index (κ2) is 8.05. The molecule has 2 heterocycles. The van der Waals surface area contributed by atoms with E-state index >= 15 is 0 Å². The lowest BCUT2D eigenvalue weighted by atomic mass is 10.1. The Labute approximate surface area is 163 Å². The molecule has 3 rings (SSSR count). The first-order valence-electron chi connectivity index (χ1n) is 9.28. The van der Waals surface area contributed by atoms with Crippen LogP contribution in [0, 0.1) is 6.92 Å². The number of carbonyl (C=O) groups excluding carboxylic acids is 2. The van der Waals surface area contributed by atoms with Gasteiger partial charge >= 0.3 is 0 Å². The van der Waals surface area contributed by atoms with E-state index in [1.807, 2.05) is 29.7 Å². The minimum atomic E-state index is -0.0685. The number of ketones is 1. The van der Waals surface area contributed by atoms with Gasteiger partial charge in [0.25, 0.3) is 0 Å². The molecule has 0 bridgehead atoms. The fourth-order valence-corrected chi connectivity index (χ4v) is 4.41. The molecule has 0 spiro atoms. The van der Waals surface area contributed by atoms with Crippen LogP contribution < -0.4 is 5.32 Å². The number of amides is 1. The van der Waals surface area contributed by atoms with Crippen LogP contribution >= 0.6 is 11.3 Å². The molecular formula is C21H25N3O2S. The van der Waals surface area contributed by atoms with Crippen molar-refractivity contribution >= 4 is 33.9 Å². The van der Waals surface area contributed by atoms with E-state index in [0.717, 1.165) is 44.9 Å². The van der Waals surface area contributed by atoms with E-state index in [2.05, 4.69) is 24.1 Å². The standard InChI is InChI=1S/C21H25N3O2S/c1-5-15-8-7-9-16-17(13(3)25)11-24(21(15)16)12-20(26)22-10-19-18(6-2)23-14(4)27-19/h7-9,11H,5-6,10,12H2,1-4H3,(H,22,26). The van der Waals surface area contributed by atoms with E-state index in [9.17, 15) is 9.59 Å². The molecule has 0 fully saturated rings. The summed E-state index contributed by atoms with van der Waals surface area (Å²) in [6, 6.07) is 5.97. The molecule has 5 nitrogen and oxygen atoms in total. The van der Waals surface area contributed by atoms with Gasteiger partial charge in [0.05, 0.1) is 22.8 Å². The molecule has 0 aliphatic rings. The average Bonchev–Trinajstić information content (AvgIpc) is 3.20. The highest BCUT2D eigenvalue weighted by Crippen LogP contribution is 2.26. The minimum Gasteiger partial charge on any atom is -0.350 e. The Kier molecular flexibility index (Phi) is 5.75. The van der Waals surface area contributed by atoms with Crippen LogP contribution in [-0.2, 0) is 30.7 Å². The number of aromatic nitrogens is 2. The first kappa shape index (κ1) is 19.3. The first-order chi connectivity index (χ1) is 12.9. The maximum Gasteiger partial charge on any atom is 0.240 e. The molecule has 142 valence electrons. The average molecular weight is 384 g/mol. The van der Waals surface area contributed by atoms with Gasteiger partial charge in [0.1, 0.15) is 6.54 Å². The fraction of sp³-hybridized carbons (Fsp3) is 0.381. The lowest BCUT2D eigenvalue weighted by Crippen LogP contribution is -2.27. The Morgan fingerprint density at radius 2 is 2.00 bits per heavy atom. The van der Waals surface area contributed by atoms with Gasteiger partial charge in [0, 0.05) is 22.0 Å². The topological polar surface area (TPSA) is 64.0 Å². The first-order valence-corrected chi connectivity index (χ1v) is 10.1. The van der Waals surface area contributed by atoms with Gasteiger partial charge in [0.15, 0.2) is 5.78 Å². The summed E-state index contributed by atoms with van der Waals surface area (Å²) in [5.74, 6) is -0.0545. The fourth-order valence-electron chi connectivity index (χ4n) is 3.44. The molecule has 27 heavy (non-hydrogen) atoms. The molecule has 0 aliphatic carbocycles. The van der Waals surface area contributed by atoms with Crippen LogP contribution in [0.4, 0.5) is 0 Å². The lowest BCUT2D eigenvalue weighted by molar-refractivity contribution is -0.121. The molecule has 3 aromatic rings. The number of aryl methyl sites for hydroxylation is 3. The van der Waals surface area contributed by atoms with Crippen molar-refractivity contribution in [2.75, 3.05) is 0 Å². The third kappa shape index (κ3) is 3.95. The van der Waals surface area contributed by atoms with Crippen LogP contribution in [0.1, 0.15) is 52.3 Å². The van der Waals surface area contributed by atoms with Gasteiger partial charge in [-0.15, -0.1) is 11.3 Å². The van der Waals surface area contributed by atoms with Gasteiger partial charge in [-0.1, -0.05) is 32.0 Å². The van der Waals surface area contributed by atoms with Gasteiger partial charge in [-0.25, -0.2) is 4.98 Å². The highest BCUT2D eigenvalue weighted by atomic mass is 32.1. The van der Waals surface area contributed by atoms with E-state index in [1.165, 1.54) is 0 Å². The molecule has 0 saturated heterocycles. The van der Waals surface area contributed by atoms with E-state index in [1.54, 1.807) is 24.5 Å². The van der Waals surface area contributed by atoms with Crippen LogP contribution in [0.25, 0.3) is 10.9 Å². The molecule has 1 aromatic carbocycles. The molecule has 0 saturated carbocycles. The van der Waals surface area contributed by atoms with Crippen LogP contribution in [0.5, 0.6) is 0 Å². The number of thiazole rings is 1. The number of carbonyl (C=O) groups is 2. The molecule has 6 heteroatoms. The molecule has 2 aromatic heterocycles. The maximum atomic E-state index is 12.6. The molecule has 1 N–H and O–H groups in total. The molecular weight excluding hydrogens is 358 g/mol. The van der Waals surface area contributed by atoms with Crippen LogP contribution in [0.2, 0.25) is 0 Å². The zero-order valence-corrected chi connectivity index (χ0v) is 17.1. The summed E-state index contributed by atoms with van der Waals surface area (Å²) < 4.78 is 1.90. The summed E-state index contributed by atoms with van der Waals surface area (Å²) in [6.07, 6.45) is 3.51. The third-order valence-electron chi connectivity index (χ3n) is 4.72. The van der Waals surface area contributed by atoms with Gasteiger partial charge in [0.2, 0.25) is 5.91 Å². The summed E-state index contributed by atoms with van der Waals surface area (Å²) in [4.78, 5) is 30.2. The molecule has 0 aliphatic heterocycles. The largest absolute Gasteiger partial charge is 0.350 e.